The van der Waals surface area contributed by atoms with E-state index in [-0.39, 0.29) is 0 Å². The van der Waals surface area contributed by atoms with Crippen LogP contribution in [0.2, 0.25) is 0 Å². The van der Waals surface area contributed by atoms with E-state index in [1.54, 1.807) is 43.3 Å². The number of benzene rings is 2. The molecule has 0 bridgehead atoms. The van der Waals surface area contributed by atoms with Gasteiger partial charge in [0.2, 0.25) is 0 Å². The Bertz CT molecular complexity index is 595. The van der Waals surface area contributed by atoms with Crippen molar-refractivity contribution in [3.63, 3.8) is 0 Å². The molecule has 110 valence electrons. The lowest BCUT2D eigenvalue weighted by atomic mass is 9.98. The van der Waals surface area contributed by atoms with Gasteiger partial charge in [-0.1, -0.05) is 42.5 Å². The summed E-state index contributed by atoms with van der Waals surface area (Å²) < 4.78 is 10.4. The van der Waals surface area contributed by atoms with Crippen LogP contribution >= 0.6 is 0 Å². The van der Waals surface area contributed by atoms with E-state index in [4.69, 9.17) is 9.47 Å². The SMILES string of the molecule is COc1ccccc1OC(=O)[C@H](C)[C@H](O)c1ccccc1. The molecule has 2 aromatic rings. The fourth-order valence-corrected chi connectivity index (χ4v) is 1.97. The van der Waals surface area contributed by atoms with Crippen molar-refractivity contribution >= 4 is 5.97 Å². The van der Waals surface area contributed by atoms with Crippen LogP contribution < -0.4 is 9.47 Å². The van der Waals surface area contributed by atoms with Crippen molar-refractivity contribution in [2.24, 2.45) is 5.92 Å². The maximum Gasteiger partial charge on any atom is 0.317 e. The normalized spacial score (nSPS) is 13.3. The summed E-state index contributed by atoms with van der Waals surface area (Å²) in [6.45, 7) is 1.63. The number of rotatable bonds is 5. The molecule has 2 atom stereocenters. The Hall–Kier alpha value is -2.33. The molecule has 0 saturated heterocycles. The molecular formula is C17H18O4. The molecule has 0 fully saturated rings. The lowest BCUT2D eigenvalue weighted by molar-refractivity contribution is -0.142. The van der Waals surface area contributed by atoms with Crippen molar-refractivity contribution in [3.05, 3.63) is 60.2 Å². The number of aliphatic hydroxyl groups is 1. The fraction of sp³-hybridized carbons (Fsp3) is 0.235. The third-order valence-corrected chi connectivity index (χ3v) is 3.27. The molecular weight excluding hydrogens is 268 g/mol. The number of methoxy groups -OCH3 is 1. The predicted octanol–water partition coefficient (Wildman–Crippen LogP) is 2.97. The lowest BCUT2D eigenvalue weighted by Gasteiger charge is -2.18. The summed E-state index contributed by atoms with van der Waals surface area (Å²) in [6, 6.07) is 15.9. The number of hydrogen-bond acceptors (Lipinski definition) is 4. The van der Waals surface area contributed by atoms with Crippen molar-refractivity contribution in [2.45, 2.75) is 13.0 Å². The highest BCUT2D eigenvalue weighted by Gasteiger charge is 2.26. The highest BCUT2D eigenvalue weighted by molar-refractivity contribution is 5.76. The highest BCUT2D eigenvalue weighted by Crippen LogP contribution is 2.29. The van der Waals surface area contributed by atoms with E-state index in [0.717, 1.165) is 0 Å². The zero-order valence-corrected chi connectivity index (χ0v) is 12.0. The number of aliphatic hydroxyl groups excluding tert-OH is 1. The average molecular weight is 286 g/mol. The quantitative estimate of drug-likeness (QED) is 0.678. The first-order chi connectivity index (χ1) is 10.1. The Kier molecular flexibility index (Phi) is 4.95. The minimum absolute atomic E-state index is 0.345. The van der Waals surface area contributed by atoms with Gasteiger partial charge in [-0.3, -0.25) is 4.79 Å². The first-order valence-electron chi connectivity index (χ1n) is 6.71. The van der Waals surface area contributed by atoms with E-state index in [2.05, 4.69) is 0 Å². The lowest BCUT2D eigenvalue weighted by Crippen LogP contribution is -2.24. The molecule has 2 aromatic carbocycles. The Morgan fingerprint density at radius 2 is 1.57 bits per heavy atom. The fourth-order valence-electron chi connectivity index (χ4n) is 1.97. The van der Waals surface area contributed by atoms with E-state index in [0.29, 0.717) is 17.1 Å². The second-order valence-corrected chi connectivity index (χ2v) is 4.72. The topological polar surface area (TPSA) is 55.8 Å². The molecule has 0 aromatic heterocycles. The molecule has 1 N–H and O–H groups in total. The van der Waals surface area contributed by atoms with Gasteiger partial charge >= 0.3 is 5.97 Å². The largest absolute Gasteiger partial charge is 0.493 e. The molecule has 0 radical (unpaired) electrons. The van der Waals surface area contributed by atoms with Gasteiger partial charge in [0, 0.05) is 0 Å². The minimum atomic E-state index is -0.909. The maximum atomic E-state index is 12.2. The van der Waals surface area contributed by atoms with Crippen molar-refractivity contribution in [2.75, 3.05) is 7.11 Å². The number of ether oxygens (including phenoxy) is 2. The molecule has 0 amide bonds. The molecule has 0 aliphatic carbocycles. The zero-order chi connectivity index (χ0) is 15.2. The Morgan fingerprint density at radius 1 is 1.00 bits per heavy atom. The van der Waals surface area contributed by atoms with Crippen molar-refractivity contribution < 1.29 is 19.4 Å². The summed E-state index contributed by atoms with van der Waals surface area (Å²) in [6.07, 6.45) is -0.909. The van der Waals surface area contributed by atoms with Crippen LogP contribution in [0.4, 0.5) is 0 Å². The third kappa shape index (κ3) is 3.61. The molecule has 0 heterocycles. The zero-order valence-electron chi connectivity index (χ0n) is 12.0. The molecule has 0 spiro atoms. The molecule has 21 heavy (non-hydrogen) atoms. The maximum absolute atomic E-state index is 12.2. The summed E-state index contributed by atoms with van der Waals surface area (Å²) in [4.78, 5) is 12.2. The molecule has 0 aliphatic heterocycles. The van der Waals surface area contributed by atoms with Crippen LogP contribution in [0.3, 0.4) is 0 Å². The summed E-state index contributed by atoms with van der Waals surface area (Å²) in [5.41, 5.74) is 0.682. The molecule has 2 rings (SSSR count). The second-order valence-electron chi connectivity index (χ2n) is 4.72. The van der Waals surface area contributed by atoms with Crippen molar-refractivity contribution in [3.8, 4) is 11.5 Å². The second kappa shape index (κ2) is 6.90. The van der Waals surface area contributed by atoms with Crippen LogP contribution in [-0.4, -0.2) is 18.2 Å². The van der Waals surface area contributed by atoms with Crippen LogP contribution in [0.5, 0.6) is 11.5 Å². The van der Waals surface area contributed by atoms with E-state index in [1.807, 2.05) is 18.2 Å². The Labute approximate surface area is 123 Å². The minimum Gasteiger partial charge on any atom is -0.493 e. The highest BCUT2D eigenvalue weighted by atomic mass is 16.6. The van der Waals surface area contributed by atoms with Crippen molar-refractivity contribution in [1.82, 2.24) is 0 Å². The van der Waals surface area contributed by atoms with Gasteiger partial charge in [-0.15, -0.1) is 0 Å². The summed E-state index contributed by atoms with van der Waals surface area (Å²) in [5.74, 6) is -0.363. The molecule has 4 heteroatoms. The molecule has 4 nitrogen and oxygen atoms in total. The van der Waals surface area contributed by atoms with Gasteiger partial charge in [-0.2, -0.15) is 0 Å². The van der Waals surface area contributed by atoms with E-state index >= 15 is 0 Å². The van der Waals surface area contributed by atoms with Crippen LogP contribution in [0.1, 0.15) is 18.6 Å². The molecule has 0 aliphatic rings. The van der Waals surface area contributed by atoms with E-state index < -0.39 is 18.0 Å². The summed E-state index contributed by atoms with van der Waals surface area (Å²) >= 11 is 0. The smallest absolute Gasteiger partial charge is 0.317 e. The van der Waals surface area contributed by atoms with Gasteiger partial charge in [0.05, 0.1) is 19.1 Å². The first kappa shape index (κ1) is 15.1. The van der Waals surface area contributed by atoms with Crippen molar-refractivity contribution in [1.29, 1.82) is 0 Å². The van der Waals surface area contributed by atoms with Crippen LogP contribution in [-0.2, 0) is 4.79 Å². The summed E-state index contributed by atoms with van der Waals surface area (Å²) in [7, 11) is 1.51. The average Bonchev–Trinajstić information content (AvgIpc) is 2.54. The monoisotopic (exact) mass is 286 g/mol. The van der Waals surface area contributed by atoms with Gasteiger partial charge < -0.3 is 14.6 Å². The Balaban J connectivity index is 2.09. The molecule has 0 unspecified atom stereocenters. The Morgan fingerprint density at radius 3 is 2.19 bits per heavy atom. The number of carbonyl (C=O) groups excluding carboxylic acids is 1. The van der Waals surface area contributed by atoms with Gasteiger partial charge in [0.1, 0.15) is 0 Å². The van der Waals surface area contributed by atoms with Crippen LogP contribution in [0, 0.1) is 5.92 Å². The van der Waals surface area contributed by atoms with Gasteiger partial charge in [0.15, 0.2) is 11.5 Å². The predicted molar refractivity (Wildman–Crippen MR) is 79.2 cm³/mol. The van der Waals surface area contributed by atoms with Gasteiger partial charge in [0.25, 0.3) is 0 Å². The first-order valence-corrected chi connectivity index (χ1v) is 6.71. The van der Waals surface area contributed by atoms with Gasteiger partial charge in [-0.25, -0.2) is 0 Å². The standard InChI is InChI=1S/C17H18O4/c1-12(16(18)13-8-4-3-5-9-13)17(19)21-15-11-7-6-10-14(15)20-2/h3-12,16,18H,1-2H3/t12-,16+/m1/s1. The van der Waals surface area contributed by atoms with Gasteiger partial charge in [-0.05, 0) is 24.6 Å². The van der Waals surface area contributed by atoms with Crippen LogP contribution in [0.25, 0.3) is 0 Å². The number of hydrogen-bond donors (Lipinski definition) is 1. The third-order valence-electron chi connectivity index (χ3n) is 3.27. The van der Waals surface area contributed by atoms with E-state index in [9.17, 15) is 9.90 Å². The van der Waals surface area contributed by atoms with Crippen LogP contribution in [0.15, 0.2) is 54.6 Å². The number of carbonyl (C=O) groups is 1. The number of esters is 1. The van der Waals surface area contributed by atoms with E-state index in [1.165, 1.54) is 7.11 Å². The number of para-hydroxylation sites is 2. The molecule has 0 saturated carbocycles. The summed E-state index contributed by atoms with van der Waals surface area (Å²) in [5, 5.41) is 10.2.